The number of carbonyl (C=O) groups is 1. The number of hydrogen-bond acceptors (Lipinski definition) is 5. The molecule has 0 aliphatic heterocycles. The van der Waals surface area contributed by atoms with Crippen molar-refractivity contribution < 1.29 is 9.53 Å². The molecule has 0 radical (unpaired) electrons. The molecule has 0 aliphatic rings. The maximum absolute atomic E-state index is 12.0. The van der Waals surface area contributed by atoms with E-state index in [1.54, 1.807) is 12.3 Å². The highest BCUT2D eigenvalue weighted by Gasteiger charge is 2.11. The van der Waals surface area contributed by atoms with Crippen LogP contribution in [0.25, 0.3) is 10.9 Å². The van der Waals surface area contributed by atoms with Crippen LogP contribution >= 0.6 is 0 Å². The third kappa shape index (κ3) is 3.57. The van der Waals surface area contributed by atoms with E-state index in [1.165, 1.54) is 13.2 Å². The van der Waals surface area contributed by atoms with E-state index in [-0.39, 0.29) is 18.7 Å². The van der Waals surface area contributed by atoms with Crippen LogP contribution in [0.3, 0.4) is 0 Å². The predicted octanol–water partition coefficient (Wildman–Crippen LogP) is 0.431. The van der Waals surface area contributed by atoms with E-state index in [2.05, 4.69) is 15.3 Å². The Labute approximate surface area is 142 Å². The smallest absolute Gasteiger partial charge is 0.328 e. The number of ether oxygens (including phenoxy) is 1. The molecule has 0 saturated heterocycles. The van der Waals surface area contributed by atoms with Crippen molar-refractivity contribution >= 4 is 16.8 Å². The second-order valence-corrected chi connectivity index (χ2v) is 5.35. The van der Waals surface area contributed by atoms with Gasteiger partial charge in [0, 0.05) is 24.8 Å². The molecule has 0 atom stereocenters. The minimum absolute atomic E-state index is 0.131. The number of aromatic nitrogens is 3. The second-order valence-electron chi connectivity index (χ2n) is 5.35. The van der Waals surface area contributed by atoms with E-state index >= 15 is 0 Å². The molecular formula is C17H16N4O4. The molecule has 0 aliphatic carbocycles. The number of amides is 1. The SMILES string of the molecule is Cn1cc(C(=O)NCCOc2cccc3cccnc23)c(=O)[nH]c1=O. The minimum Gasteiger partial charge on any atom is -0.489 e. The second kappa shape index (κ2) is 7.00. The van der Waals surface area contributed by atoms with Gasteiger partial charge in [-0.3, -0.25) is 19.6 Å². The van der Waals surface area contributed by atoms with Crippen LogP contribution in [0.1, 0.15) is 10.4 Å². The van der Waals surface area contributed by atoms with E-state index in [0.717, 1.165) is 15.5 Å². The summed E-state index contributed by atoms with van der Waals surface area (Å²) in [5, 5.41) is 3.54. The number of para-hydroxylation sites is 1. The van der Waals surface area contributed by atoms with Gasteiger partial charge in [0.1, 0.15) is 23.4 Å². The summed E-state index contributed by atoms with van der Waals surface area (Å²) in [5.74, 6) is 0.0452. The van der Waals surface area contributed by atoms with Crippen LogP contribution in [0, 0.1) is 0 Å². The molecule has 3 aromatic rings. The van der Waals surface area contributed by atoms with Gasteiger partial charge in [-0.05, 0) is 12.1 Å². The summed E-state index contributed by atoms with van der Waals surface area (Å²) < 4.78 is 6.79. The number of benzene rings is 1. The van der Waals surface area contributed by atoms with E-state index < -0.39 is 17.2 Å². The number of hydrogen-bond donors (Lipinski definition) is 2. The number of nitrogens with one attached hydrogen (secondary N) is 2. The first-order chi connectivity index (χ1) is 12.1. The van der Waals surface area contributed by atoms with Gasteiger partial charge in [0.15, 0.2) is 0 Å². The topological polar surface area (TPSA) is 106 Å². The Bertz CT molecular complexity index is 1030. The van der Waals surface area contributed by atoms with Crippen molar-refractivity contribution in [2.24, 2.45) is 7.05 Å². The van der Waals surface area contributed by atoms with Gasteiger partial charge in [0.05, 0.1) is 6.54 Å². The number of rotatable bonds is 5. The molecule has 3 rings (SSSR count). The van der Waals surface area contributed by atoms with Crippen LogP contribution in [-0.2, 0) is 7.05 Å². The number of nitrogens with zero attached hydrogens (tertiary/aromatic N) is 2. The van der Waals surface area contributed by atoms with Gasteiger partial charge in [0.25, 0.3) is 11.5 Å². The van der Waals surface area contributed by atoms with Crippen molar-refractivity contribution in [1.29, 1.82) is 0 Å². The Balaban J connectivity index is 1.62. The molecule has 0 unspecified atom stereocenters. The third-order valence-corrected chi connectivity index (χ3v) is 3.59. The van der Waals surface area contributed by atoms with Crippen molar-refractivity contribution in [3.8, 4) is 5.75 Å². The van der Waals surface area contributed by atoms with Gasteiger partial charge in [-0.1, -0.05) is 18.2 Å². The number of fused-ring (bicyclic) bond motifs is 1. The average molecular weight is 340 g/mol. The van der Waals surface area contributed by atoms with Crippen LogP contribution < -0.4 is 21.3 Å². The Morgan fingerprint density at radius 3 is 2.92 bits per heavy atom. The number of carbonyl (C=O) groups excluding carboxylic acids is 1. The monoisotopic (exact) mass is 340 g/mol. The zero-order chi connectivity index (χ0) is 17.8. The van der Waals surface area contributed by atoms with Crippen LogP contribution in [0.15, 0.2) is 52.3 Å². The van der Waals surface area contributed by atoms with Crippen molar-refractivity contribution in [3.63, 3.8) is 0 Å². The lowest BCUT2D eigenvalue weighted by molar-refractivity contribution is 0.0944. The summed E-state index contributed by atoms with van der Waals surface area (Å²) >= 11 is 0. The molecule has 1 amide bonds. The number of aromatic amines is 1. The first kappa shape index (κ1) is 16.4. The Morgan fingerprint density at radius 2 is 2.08 bits per heavy atom. The highest BCUT2D eigenvalue weighted by atomic mass is 16.5. The lowest BCUT2D eigenvalue weighted by atomic mass is 10.2. The summed E-state index contributed by atoms with van der Waals surface area (Å²) in [7, 11) is 1.45. The van der Waals surface area contributed by atoms with Crippen LogP contribution in [0.5, 0.6) is 5.75 Å². The highest BCUT2D eigenvalue weighted by molar-refractivity contribution is 5.93. The van der Waals surface area contributed by atoms with Crippen LogP contribution in [0.2, 0.25) is 0 Å². The summed E-state index contributed by atoms with van der Waals surface area (Å²) in [6.45, 7) is 0.412. The van der Waals surface area contributed by atoms with Crippen molar-refractivity contribution in [2.75, 3.05) is 13.2 Å². The summed E-state index contributed by atoms with van der Waals surface area (Å²) in [5.41, 5.74) is -0.687. The summed E-state index contributed by atoms with van der Waals surface area (Å²) in [6.07, 6.45) is 2.88. The van der Waals surface area contributed by atoms with Gasteiger partial charge in [-0.25, -0.2) is 4.79 Å². The predicted molar refractivity (Wildman–Crippen MR) is 91.9 cm³/mol. The molecule has 2 N–H and O–H groups in total. The van der Waals surface area contributed by atoms with Crippen molar-refractivity contribution in [2.45, 2.75) is 0 Å². The molecule has 0 saturated carbocycles. The minimum atomic E-state index is -0.722. The standard InChI is InChI=1S/C17H16N4O4/c1-21-10-12(16(23)20-17(21)24)15(22)19-8-9-25-13-6-2-4-11-5-3-7-18-14(11)13/h2-7,10H,8-9H2,1H3,(H,19,22)(H,20,23,24). The highest BCUT2D eigenvalue weighted by Crippen LogP contribution is 2.22. The zero-order valence-electron chi connectivity index (χ0n) is 13.5. The molecule has 0 spiro atoms. The third-order valence-electron chi connectivity index (χ3n) is 3.59. The van der Waals surface area contributed by atoms with Crippen molar-refractivity contribution in [3.05, 3.63) is 69.1 Å². The van der Waals surface area contributed by atoms with Crippen LogP contribution in [0.4, 0.5) is 0 Å². The lowest BCUT2D eigenvalue weighted by Gasteiger charge is -2.09. The van der Waals surface area contributed by atoms with Gasteiger partial charge < -0.3 is 14.6 Å². The lowest BCUT2D eigenvalue weighted by Crippen LogP contribution is -2.37. The maximum Gasteiger partial charge on any atom is 0.328 e. The first-order valence-electron chi connectivity index (χ1n) is 7.61. The van der Waals surface area contributed by atoms with E-state index in [1.807, 2.05) is 24.3 Å². The maximum atomic E-state index is 12.0. The average Bonchev–Trinajstić information content (AvgIpc) is 2.61. The van der Waals surface area contributed by atoms with E-state index in [4.69, 9.17) is 4.74 Å². The largest absolute Gasteiger partial charge is 0.489 e. The van der Waals surface area contributed by atoms with Gasteiger partial charge >= 0.3 is 5.69 Å². The molecule has 1 aromatic carbocycles. The molecule has 2 aromatic heterocycles. The fourth-order valence-electron chi connectivity index (χ4n) is 2.34. The molecule has 8 heteroatoms. The van der Waals surface area contributed by atoms with E-state index in [9.17, 15) is 14.4 Å². The van der Waals surface area contributed by atoms with Crippen molar-refractivity contribution in [1.82, 2.24) is 19.9 Å². The molecule has 25 heavy (non-hydrogen) atoms. The zero-order valence-corrected chi connectivity index (χ0v) is 13.5. The fourth-order valence-corrected chi connectivity index (χ4v) is 2.34. The van der Waals surface area contributed by atoms with Gasteiger partial charge in [0.2, 0.25) is 0 Å². The van der Waals surface area contributed by atoms with Crippen LogP contribution in [-0.4, -0.2) is 33.6 Å². The Hall–Kier alpha value is -3.42. The molecule has 0 fully saturated rings. The van der Waals surface area contributed by atoms with E-state index in [0.29, 0.717) is 5.75 Å². The number of aryl methyl sites for hydroxylation is 1. The Kier molecular flexibility index (Phi) is 4.60. The number of pyridine rings is 1. The van der Waals surface area contributed by atoms with Gasteiger partial charge in [-0.2, -0.15) is 0 Å². The quantitative estimate of drug-likeness (QED) is 0.655. The van der Waals surface area contributed by atoms with Gasteiger partial charge in [-0.15, -0.1) is 0 Å². The Morgan fingerprint density at radius 1 is 1.28 bits per heavy atom. The molecule has 8 nitrogen and oxygen atoms in total. The molecule has 128 valence electrons. The summed E-state index contributed by atoms with van der Waals surface area (Å²) in [6, 6.07) is 9.37. The fraction of sp³-hybridized carbons (Fsp3) is 0.176. The molecule has 0 bridgehead atoms. The molecular weight excluding hydrogens is 324 g/mol. The first-order valence-corrected chi connectivity index (χ1v) is 7.61. The molecule has 2 heterocycles. The normalized spacial score (nSPS) is 10.6. The summed E-state index contributed by atoms with van der Waals surface area (Å²) in [4.78, 5) is 41.4. The number of H-pyrrole nitrogens is 1.